The zero-order chi connectivity index (χ0) is 15.6. The van der Waals surface area contributed by atoms with Crippen LogP contribution in [0.2, 0.25) is 5.15 Å². The Morgan fingerprint density at radius 1 is 1.38 bits per heavy atom. The molecule has 0 saturated heterocycles. The van der Waals surface area contributed by atoms with Gasteiger partial charge in [-0.1, -0.05) is 42.8 Å². The number of likely N-dealkylation sites (N-methyl/N-ethyl adjacent to an activating group) is 1. The molecule has 0 aliphatic carbocycles. The van der Waals surface area contributed by atoms with Gasteiger partial charge in [0.1, 0.15) is 16.9 Å². The van der Waals surface area contributed by atoms with E-state index in [0.29, 0.717) is 6.42 Å². The summed E-state index contributed by atoms with van der Waals surface area (Å²) in [4.78, 5) is 28.8. The van der Waals surface area contributed by atoms with Gasteiger partial charge in [0.15, 0.2) is 0 Å². The van der Waals surface area contributed by atoms with Gasteiger partial charge in [0.05, 0.1) is 0 Å². The SMILES string of the molecule is CCC(C(=O)O)N(C)C(=O)c1cc2ccccc2c(Cl)n1. The lowest BCUT2D eigenvalue weighted by Gasteiger charge is -2.23. The third kappa shape index (κ3) is 2.97. The van der Waals surface area contributed by atoms with Crippen molar-refractivity contribution < 1.29 is 14.7 Å². The van der Waals surface area contributed by atoms with Crippen LogP contribution in [-0.4, -0.2) is 40.0 Å². The minimum Gasteiger partial charge on any atom is -0.480 e. The Hall–Kier alpha value is -2.14. The lowest BCUT2D eigenvalue weighted by atomic mass is 10.1. The first-order chi connectivity index (χ1) is 9.95. The number of carbonyl (C=O) groups is 2. The maximum absolute atomic E-state index is 12.4. The first-order valence-electron chi connectivity index (χ1n) is 6.51. The molecule has 1 unspecified atom stereocenters. The van der Waals surface area contributed by atoms with Crippen LogP contribution < -0.4 is 0 Å². The number of nitrogens with zero attached hydrogens (tertiary/aromatic N) is 2. The number of aromatic nitrogens is 1. The highest BCUT2D eigenvalue weighted by molar-refractivity contribution is 6.34. The van der Waals surface area contributed by atoms with Crippen LogP contribution in [0.15, 0.2) is 30.3 Å². The second-order valence-corrected chi connectivity index (χ2v) is 5.06. The van der Waals surface area contributed by atoms with Crippen molar-refractivity contribution in [3.05, 3.63) is 41.2 Å². The second kappa shape index (κ2) is 6.10. The summed E-state index contributed by atoms with van der Waals surface area (Å²) < 4.78 is 0. The van der Waals surface area contributed by atoms with E-state index >= 15 is 0 Å². The minimum atomic E-state index is -1.04. The standard InChI is InChI=1S/C15H15ClN2O3/c1-3-12(15(20)21)18(2)14(19)11-8-9-6-4-5-7-10(9)13(16)17-11/h4-8,12H,3H2,1-2H3,(H,20,21). The fourth-order valence-electron chi connectivity index (χ4n) is 2.20. The zero-order valence-electron chi connectivity index (χ0n) is 11.7. The van der Waals surface area contributed by atoms with E-state index in [9.17, 15) is 9.59 Å². The number of hydrogen-bond acceptors (Lipinski definition) is 3. The largest absolute Gasteiger partial charge is 0.480 e. The predicted octanol–water partition coefficient (Wildman–Crippen LogP) is 2.82. The molecule has 0 aliphatic rings. The Labute approximate surface area is 127 Å². The average Bonchev–Trinajstić information content (AvgIpc) is 2.46. The summed E-state index contributed by atoms with van der Waals surface area (Å²) >= 11 is 6.09. The first kappa shape index (κ1) is 15.3. The lowest BCUT2D eigenvalue weighted by Crippen LogP contribution is -2.42. The summed E-state index contributed by atoms with van der Waals surface area (Å²) in [5, 5.41) is 10.9. The third-order valence-corrected chi connectivity index (χ3v) is 3.66. The number of pyridine rings is 1. The van der Waals surface area contributed by atoms with Crippen LogP contribution in [-0.2, 0) is 4.79 Å². The van der Waals surface area contributed by atoms with E-state index < -0.39 is 17.9 Å². The third-order valence-electron chi connectivity index (χ3n) is 3.37. The second-order valence-electron chi connectivity index (χ2n) is 4.70. The lowest BCUT2D eigenvalue weighted by molar-refractivity contribution is -0.142. The molecule has 0 spiro atoms. The van der Waals surface area contributed by atoms with Crippen LogP contribution in [0.4, 0.5) is 0 Å². The maximum atomic E-state index is 12.4. The first-order valence-corrected chi connectivity index (χ1v) is 6.88. The molecule has 0 bridgehead atoms. The zero-order valence-corrected chi connectivity index (χ0v) is 12.5. The molecule has 0 aliphatic heterocycles. The Kier molecular flexibility index (Phi) is 4.43. The number of rotatable bonds is 4. The van der Waals surface area contributed by atoms with Crippen LogP contribution in [0, 0.1) is 0 Å². The van der Waals surface area contributed by atoms with Crippen LogP contribution in [0.3, 0.4) is 0 Å². The molecule has 1 amide bonds. The van der Waals surface area contributed by atoms with Crippen LogP contribution in [0.5, 0.6) is 0 Å². The summed E-state index contributed by atoms with van der Waals surface area (Å²) in [6.07, 6.45) is 0.318. The number of carboxylic acid groups (broad SMARTS) is 1. The molecular weight excluding hydrogens is 292 g/mol. The van der Waals surface area contributed by atoms with Crippen molar-refractivity contribution in [3.63, 3.8) is 0 Å². The molecule has 0 radical (unpaired) electrons. The van der Waals surface area contributed by atoms with Crippen molar-refractivity contribution in [3.8, 4) is 0 Å². The van der Waals surface area contributed by atoms with E-state index in [1.54, 1.807) is 13.0 Å². The Bertz CT molecular complexity index is 702. The number of aliphatic carboxylic acids is 1. The van der Waals surface area contributed by atoms with Gasteiger partial charge in [-0.25, -0.2) is 9.78 Å². The molecule has 2 rings (SSSR count). The van der Waals surface area contributed by atoms with E-state index in [1.165, 1.54) is 11.9 Å². The topological polar surface area (TPSA) is 70.5 Å². The van der Waals surface area contributed by atoms with E-state index in [1.807, 2.05) is 24.3 Å². The Balaban J connectivity index is 2.41. The van der Waals surface area contributed by atoms with Gasteiger partial charge in [-0.05, 0) is 17.9 Å². The highest BCUT2D eigenvalue weighted by atomic mass is 35.5. The number of carboxylic acids is 1. The maximum Gasteiger partial charge on any atom is 0.326 e. The van der Waals surface area contributed by atoms with Crippen molar-refractivity contribution in [2.24, 2.45) is 0 Å². The fourth-order valence-corrected chi connectivity index (χ4v) is 2.47. The quantitative estimate of drug-likeness (QED) is 0.882. The molecule has 110 valence electrons. The molecule has 1 N–H and O–H groups in total. The molecule has 21 heavy (non-hydrogen) atoms. The van der Waals surface area contributed by atoms with Gasteiger partial charge in [0.2, 0.25) is 0 Å². The molecule has 1 aromatic carbocycles. The van der Waals surface area contributed by atoms with Crippen molar-refractivity contribution in [1.82, 2.24) is 9.88 Å². The summed E-state index contributed by atoms with van der Waals surface area (Å²) in [5.74, 6) is -1.50. The van der Waals surface area contributed by atoms with Crippen LogP contribution >= 0.6 is 11.6 Å². The van der Waals surface area contributed by atoms with Gasteiger partial charge in [-0.3, -0.25) is 4.79 Å². The average molecular weight is 307 g/mol. The van der Waals surface area contributed by atoms with Gasteiger partial charge in [-0.2, -0.15) is 0 Å². The Morgan fingerprint density at radius 2 is 2.05 bits per heavy atom. The summed E-state index contributed by atoms with van der Waals surface area (Å²) in [7, 11) is 1.45. The van der Waals surface area contributed by atoms with Gasteiger partial charge in [0.25, 0.3) is 5.91 Å². The smallest absolute Gasteiger partial charge is 0.326 e. The summed E-state index contributed by atoms with van der Waals surface area (Å²) in [6.45, 7) is 1.71. The van der Waals surface area contributed by atoms with Gasteiger partial charge >= 0.3 is 5.97 Å². The van der Waals surface area contributed by atoms with Crippen LogP contribution in [0.1, 0.15) is 23.8 Å². The molecule has 1 heterocycles. The van der Waals surface area contributed by atoms with E-state index in [0.717, 1.165) is 10.8 Å². The molecule has 0 fully saturated rings. The number of amides is 1. The highest BCUT2D eigenvalue weighted by Gasteiger charge is 2.26. The Morgan fingerprint density at radius 3 is 2.67 bits per heavy atom. The number of fused-ring (bicyclic) bond motifs is 1. The highest BCUT2D eigenvalue weighted by Crippen LogP contribution is 2.23. The molecule has 2 aromatic rings. The van der Waals surface area contributed by atoms with E-state index in [-0.39, 0.29) is 10.8 Å². The van der Waals surface area contributed by atoms with Gasteiger partial charge in [-0.15, -0.1) is 0 Å². The van der Waals surface area contributed by atoms with Gasteiger partial charge in [0, 0.05) is 12.4 Å². The van der Waals surface area contributed by atoms with E-state index in [2.05, 4.69) is 4.98 Å². The number of carbonyl (C=O) groups excluding carboxylic acids is 1. The van der Waals surface area contributed by atoms with Crippen molar-refractivity contribution in [2.45, 2.75) is 19.4 Å². The summed E-state index contributed by atoms with van der Waals surface area (Å²) in [5.41, 5.74) is 0.140. The van der Waals surface area contributed by atoms with Gasteiger partial charge < -0.3 is 10.0 Å². The molecule has 6 heteroatoms. The number of hydrogen-bond donors (Lipinski definition) is 1. The normalized spacial score (nSPS) is 12.1. The van der Waals surface area contributed by atoms with E-state index in [4.69, 9.17) is 16.7 Å². The number of halogens is 1. The molecule has 5 nitrogen and oxygen atoms in total. The summed E-state index contributed by atoms with van der Waals surface area (Å²) in [6, 6.07) is 8.05. The van der Waals surface area contributed by atoms with Crippen molar-refractivity contribution in [2.75, 3.05) is 7.05 Å². The minimum absolute atomic E-state index is 0.140. The molecular formula is C15H15ClN2O3. The monoisotopic (exact) mass is 306 g/mol. The van der Waals surface area contributed by atoms with Crippen molar-refractivity contribution >= 4 is 34.2 Å². The molecule has 1 atom stereocenters. The predicted molar refractivity (Wildman–Crippen MR) is 80.6 cm³/mol. The van der Waals surface area contributed by atoms with Crippen LogP contribution in [0.25, 0.3) is 10.8 Å². The molecule has 0 saturated carbocycles. The fraction of sp³-hybridized carbons (Fsp3) is 0.267. The molecule has 1 aromatic heterocycles. The van der Waals surface area contributed by atoms with Crippen molar-refractivity contribution in [1.29, 1.82) is 0 Å². The number of benzene rings is 1.